The van der Waals surface area contributed by atoms with E-state index in [4.69, 9.17) is 4.74 Å². The lowest BCUT2D eigenvalue weighted by atomic mass is 10.1. The standard InChI is InChI=1S/C18H15N5O4/c1-27-15-7-3-5-13(9-15)16-10-17(21-20-16)18(24)22-19-11-12-4-2-6-14(8-12)23(25)26/h2-11H,1H3,(H,20,21)(H,22,24). The number of hydrogen-bond donors (Lipinski definition) is 2. The summed E-state index contributed by atoms with van der Waals surface area (Å²) in [5, 5.41) is 21.3. The van der Waals surface area contributed by atoms with E-state index in [1.54, 1.807) is 25.3 Å². The molecule has 0 atom stereocenters. The van der Waals surface area contributed by atoms with Gasteiger partial charge >= 0.3 is 0 Å². The van der Waals surface area contributed by atoms with Gasteiger partial charge in [-0.1, -0.05) is 24.3 Å². The van der Waals surface area contributed by atoms with Crippen molar-refractivity contribution in [2.24, 2.45) is 5.10 Å². The second-order valence-electron chi connectivity index (χ2n) is 5.45. The number of nitro benzene ring substituents is 1. The number of hydrazone groups is 1. The molecule has 0 radical (unpaired) electrons. The first-order valence-corrected chi connectivity index (χ1v) is 7.84. The lowest BCUT2D eigenvalue weighted by Gasteiger charge is -2.00. The maximum Gasteiger partial charge on any atom is 0.289 e. The van der Waals surface area contributed by atoms with E-state index in [2.05, 4.69) is 20.7 Å². The summed E-state index contributed by atoms with van der Waals surface area (Å²) < 4.78 is 5.17. The minimum atomic E-state index is -0.499. The number of benzene rings is 2. The van der Waals surface area contributed by atoms with Gasteiger partial charge in [0.05, 0.1) is 23.9 Å². The van der Waals surface area contributed by atoms with Crippen LogP contribution < -0.4 is 10.2 Å². The van der Waals surface area contributed by atoms with Crippen LogP contribution >= 0.6 is 0 Å². The van der Waals surface area contributed by atoms with Crippen molar-refractivity contribution in [1.82, 2.24) is 15.6 Å². The van der Waals surface area contributed by atoms with E-state index in [1.165, 1.54) is 24.4 Å². The number of amides is 1. The van der Waals surface area contributed by atoms with Gasteiger partial charge in [-0.05, 0) is 18.2 Å². The summed E-state index contributed by atoms with van der Waals surface area (Å²) in [6.45, 7) is 0. The van der Waals surface area contributed by atoms with Gasteiger partial charge in [-0.2, -0.15) is 10.2 Å². The molecule has 0 aliphatic carbocycles. The molecule has 0 aliphatic heterocycles. The first-order valence-electron chi connectivity index (χ1n) is 7.84. The largest absolute Gasteiger partial charge is 0.497 e. The first-order chi connectivity index (χ1) is 13.1. The highest BCUT2D eigenvalue weighted by molar-refractivity contribution is 5.94. The molecule has 9 heteroatoms. The van der Waals surface area contributed by atoms with Crippen LogP contribution in [0.2, 0.25) is 0 Å². The molecule has 0 spiro atoms. The van der Waals surface area contributed by atoms with Crippen LogP contribution in [0.3, 0.4) is 0 Å². The van der Waals surface area contributed by atoms with E-state index < -0.39 is 10.8 Å². The molecule has 0 fully saturated rings. The van der Waals surface area contributed by atoms with E-state index in [-0.39, 0.29) is 11.4 Å². The predicted octanol–water partition coefficient (Wildman–Crippen LogP) is 2.76. The average Bonchev–Trinajstić information content (AvgIpc) is 3.18. The van der Waals surface area contributed by atoms with Crippen molar-refractivity contribution in [1.29, 1.82) is 0 Å². The van der Waals surface area contributed by atoms with Crippen molar-refractivity contribution >= 4 is 17.8 Å². The predicted molar refractivity (Wildman–Crippen MR) is 98.7 cm³/mol. The quantitative estimate of drug-likeness (QED) is 0.395. The summed E-state index contributed by atoms with van der Waals surface area (Å²) in [4.78, 5) is 22.4. The topological polar surface area (TPSA) is 123 Å². The Morgan fingerprint density at radius 2 is 2.07 bits per heavy atom. The number of ether oxygens (including phenoxy) is 1. The third-order valence-electron chi connectivity index (χ3n) is 3.65. The molecule has 3 aromatic rings. The van der Waals surface area contributed by atoms with Crippen LogP contribution in [0.25, 0.3) is 11.3 Å². The molecule has 2 N–H and O–H groups in total. The number of aromatic nitrogens is 2. The van der Waals surface area contributed by atoms with Crippen LogP contribution in [0.15, 0.2) is 59.7 Å². The Morgan fingerprint density at radius 3 is 2.85 bits per heavy atom. The Balaban J connectivity index is 1.67. The molecule has 27 heavy (non-hydrogen) atoms. The maximum absolute atomic E-state index is 12.1. The summed E-state index contributed by atoms with van der Waals surface area (Å²) in [6.07, 6.45) is 1.32. The number of nitro groups is 1. The van der Waals surface area contributed by atoms with Gasteiger partial charge in [-0.15, -0.1) is 0 Å². The number of non-ortho nitro benzene ring substituents is 1. The summed E-state index contributed by atoms with van der Waals surface area (Å²) >= 11 is 0. The number of aromatic amines is 1. The van der Waals surface area contributed by atoms with Gasteiger partial charge in [0.1, 0.15) is 11.4 Å². The number of hydrogen-bond acceptors (Lipinski definition) is 6. The van der Waals surface area contributed by atoms with Gasteiger partial charge in [0.2, 0.25) is 0 Å². The molecule has 9 nitrogen and oxygen atoms in total. The third-order valence-corrected chi connectivity index (χ3v) is 3.65. The van der Waals surface area contributed by atoms with E-state index in [0.717, 1.165) is 5.56 Å². The smallest absolute Gasteiger partial charge is 0.289 e. The number of carbonyl (C=O) groups is 1. The fourth-order valence-corrected chi connectivity index (χ4v) is 2.31. The molecule has 2 aromatic carbocycles. The molecule has 1 amide bonds. The minimum absolute atomic E-state index is 0.0539. The molecule has 3 rings (SSSR count). The highest BCUT2D eigenvalue weighted by atomic mass is 16.6. The molecule has 0 bridgehead atoms. The average molecular weight is 365 g/mol. The Labute approximate surface area is 153 Å². The van der Waals surface area contributed by atoms with Crippen molar-refractivity contribution < 1.29 is 14.5 Å². The van der Waals surface area contributed by atoms with Gasteiger partial charge in [-0.25, -0.2) is 5.43 Å². The Bertz CT molecular complexity index is 1010. The van der Waals surface area contributed by atoms with Crippen molar-refractivity contribution in [2.45, 2.75) is 0 Å². The van der Waals surface area contributed by atoms with Crippen LogP contribution in [0.4, 0.5) is 5.69 Å². The maximum atomic E-state index is 12.1. The van der Waals surface area contributed by atoms with Gasteiger partial charge in [-0.3, -0.25) is 20.0 Å². The fraction of sp³-hybridized carbons (Fsp3) is 0.0556. The second kappa shape index (κ2) is 7.91. The van der Waals surface area contributed by atoms with Gasteiger partial charge < -0.3 is 4.74 Å². The van der Waals surface area contributed by atoms with Crippen molar-refractivity contribution in [2.75, 3.05) is 7.11 Å². The normalized spacial score (nSPS) is 10.7. The highest BCUT2D eigenvalue weighted by Crippen LogP contribution is 2.22. The van der Waals surface area contributed by atoms with Crippen molar-refractivity contribution in [3.05, 3.63) is 76.0 Å². The van der Waals surface area contributed by atoms with Crippen LogP contribution in [0, 0.1) is 10.1 Å². The summed E-state index contributed by atoms with van der Waals surface area (Å²) in [5.41, 5.74) is 4.39. The van der Waals surface area contributed by atoms with Gasteiger partial charge in [0.15, 0.2) is 0 Å². The molecule has 0 aliphatic rings. The molecule has 1 aromatic heterocycles. The van der Waals surface area contributed by atoms with Crippen molar-refractivity contribution in [3.63, 3.8) is 0 Å². The Kier molecular flexibility index (Phi) is 5.22. The van der Waals surface area contributed by atoms with Crippen LogP contribution in [-0.2, 0) is 0 Å². The summed E-state index contributed by atoms with van der Waals surface area (Å²) in [5.74, 6) is 0.196. The summed E-state index contributed by atoms with van der Waals surface area (Å²) in [7, 11) is 1.57. The number of H-pyrrole nitrogens is 1. The fourth-order valence-electron chi connectivity index (χ4n) is 2.31. The Hall–Kier alpha value is -4.01. The molecule has 1 heterocycles. The van der Waals surface area contributed by atoms with E-state index in [1.807, 2.05) is 18.2 Å². The number of methoxy groups -OCH3 is 1. The lowest BCUT2D eigenvalue weighted by molar-refractivity contribution is -0.384. The zero-order valence-corrected chi connectivity index (χ0v) is 14.2. The Morgan fingerprint density at radius 1 is 1.26 bits per heavy atom. The molecular formula is C18H15N5O4. The molecular weight excluding hydrogens is 350 g/mol. The number of nitrogens with zero attached hydrogens (tertiary/aromatic N) is 3. The van der Waals surface area contributed by atoms with Gasteiger partial charge in [0, 0.05) is 23.3 Å². The van der Waals surface area contributed by atoms with Crippen LogP contribution in [0.5, 0.6) is 5.75 Å². The zero-order chi connectivity index (χ0) is 19.2. The van der Waals surface area contributed by atoms with Crippen molar-refractivity contribution in [3.8, 4) is 17.0 Å². The number of carbonyl (C=O) groups excluding carboxylic acids is 1. The van der Waals surface area contributed by atoms with E-state index in [9.17, 15) is 14.9 Å². The second-order valence-corrected chi connectivity index (χ2v) is 5.45. The molecule has 0 saturated heterocycles. The molecule has 0 unspecified atom stereocenters. The third kappa shape index (κ3) is 4.34. The van der Waals surface area contributed by atoms with Crippen LogP contribution in [0.1, 0.15) is 16.1 Å². The van der Waals surface area contributed by atoms with E-state index >= 15 is 0 Å². The number of rotatable bonds is 6. The number of nitrogens with one attached hydrogen (secondary N) is 2. The molecule has 0 saturated carbocycles. The molecule has 136 valence electrons. The summed E-state index contributed by atoms with van der Waals surface area (Å²) in [6, 6.07) is 14.8. The first kappa shape index (κ1) is 17.8. The minimum Gasteiger partial charge on any atom is -0.497 e. The zero-order valence-electron chi connectivity index (χ0n) is 14.2. The van der Waals surface area contributed by atoms with Crippen LogP contribution in [-0.4, -0.2) is 34.4 Å². The highest BCUT2D eigenvalue weighted by Gasteiger charge is 2.11. The lowest BCUT2D eigenvalue weighted by Crippen LogP contribution is -2.18. The monoisotopic (exact) mass is 365 g/mol. The van der Waals surface area contributed by atoms with E-state index in [0.29, 0.717) is 17.0 Å². The SMILES string of the molecule is COc1cccc(-c2cc(C(=O)NN=Cc3cccc([N+](=O)[O-])c3)[nH]n2)c1. The van der Waals surface area contributed by atoms with Gasteiger partial charge in [0.25, 0.3) is 11.6 Å².